The lowest BCUT2D eigenvalue weighted by Crippen LogP contribution is -2.12. The summed E-state index contributed by atoms with van der Waals surface area (Å²) in [5.74, 6) is 0. The smallest absolute Gasteiger partial charge is 0.0939 e. The highest BCUT2D eigenvalue weighted by Gasteiger charge is 2.15. The van der Waals surface area contributed by atoms with E-state index in [4.69, 9.17) is 0 Å². The monoisotopic (exact) mass is 422 g/mol. The Morgan fingerprint density at radius 3 is 0.724 bits per heavy atom. The van der Waals surface area contributed by atoms with Crippen LogP contribution in [0.3, 0.4) is 0 Å². The van der Waals surface area contributed by atoms with E-state index in [1.807, 2.05) is 0 Å². The molecule has 0 saturated carbocycles. The van der Waals surface area contributed by atoms with Gasteiger partial charge in [0.25, 0.3) is 14.1 Å². The van der Waals surface area contributed by atoms with E-state index in [1.54, 1.807) is 35.1 Å². The molecule has 1 heteroatoms. The first kappa shape index (κ1) is 29.5. The van der Waals surface area contributed by atoms with Gasteiger partial charge in [-0.15, -0.1) is 0 Å². The predicted molar refractivity (Wildman–Crippen MR) is 139 cm³/mol. The first-order valence-corrected chi connectivity index (χ1v) is 16.8. The summed E-state index contributed by atoms with van der Waals surface area (Å²) in [6.45, 7) is 6.97. The van der Waals surface area contributed by atoms with E-state index < -0.39 is 14.1 Å². The molecule has 0 aliphatic heterocycles. The molecule has 0 saturated heterocycles. The molecule has 0 unspecified atom stereocenters. The van der Waals surface area contributed by atoms with Crippen molar-refractivity contribution in [1.82, 2.24) is 0 Å². The van der Waals surface area contributed by atoms with Crippen LogP contribution >= 0.6 is 0 Å². The Morgan fingerprint density at radius 2 is 0.483 bits per heavy atom. The molecule has 0 radical (unpaired) electrons. The van der Waals surface area contributed by atoms with Crippen LogP contribution in [0.5, 0.6) is 0 Å². The fourth-order valence-electron chi connectivity index (χ4n) is 4.78. The van der Waals surface area contributed by atoms with E-state index in [1.165, 1.54) is 122 Å². The van der Waals surface area contributed by atoms with Crippen molar-refractivity contribution in [2.24, 2.45) is 0 Å². The zero-order valence-corrected chi connectivity index (χ0v) is 22.4. The van der Waals surface area contributed by atoms with E-state index in [2.05, 4.69) is 20.8 Å². The molecule has 0 aliphatic carbocycles. The third-order valence-corrected chi connectivity index (χ3v) is 10.6. The average molecular weight is 423 g/mol. The third kappa shape index (κ3) is 24.7. The molecular weight excluding hydrogens is 363 g/mol. The summed E-state index contributed by atoms with van der Waals surface area (Å²) < 4.78 is 0. The lowest BCUT2D eigenvalue weighted by atomic mass is 10.1. The van der Waals surface area contributed by atoms with Crippen LogP contribution < -0.4 is 0 Å². The molecule has 0 heterocycles. The molecule has 0 aromatic carbocycles. The minimum absolute atomic E-state index is 0.430. The molecule has 0 rings (SSSR count). The van der Waals surface area contributed by atoms with Crippen LogP contribution in [-0.4, -0.2) is 14.1 Å². The first-order chi connectivity index (χ1) is 14.3. The minimum atomic E-state index is -0.430. The van der Waals surface area contributed by atoms with E-state index in [0.29, 0.717) is 0 Å². The highest BCUT2D eigenvalue weighted by Crippen LogP contribution is 2.20. The van der Waals surface area contributed by atoms with Gasteiger partial charge in [0, 0.05) is 0 Å². The highest BCUT2D eigenvalue weighted by molar-refractivity contribution is 6.58. The summed E-state index contributed by atoms with van der Waals surface area (Å²) in [4.78, 5) is 0. The van der Waals surface area contributed by atoms with E-state index in [-0.39, 0.29) is 0 Å². The molecular formula is C28H59Al. The SMILES string of the molecule is CCCCCCCCCCC[CH2][Al]([CH2]CCCCCCC)[CH2]CCCCCCC. The van der Waals surface area contributed by atoms with Crippen molar-refractivity contribution in [2.45, 2.75) is 178 Å². The predicted octanol–water partition coefficient (Wildman–Crippen LogP) is 11.1. The van der Waals surface area contributed by atoms with Gasteiger partial charge in [-0.25, -0.2) is 0 Å². The molecule has 0 fully saturated rings. The molecule has 0 bridgehead atoms. The van der Waals surface area contributed by atoms with Crippen LogP contribution in [0, 0.1) is 0 Å². The van der Waals surface area contributed by atoms with Crippen LogP contribution in [0.25, 0.3) is 0 Å². The van der Waals surface area contributed by atoms with Crippen molar-refractivity contribution in [1.29, 1.82) is 0 Å². The van der Waals surface area contributed by atoms with Crippen LogP contribution in [0.15, 0.2) is 0 Å². The van der Waals surface area contributed by atoms with Gasteiger partial charge in [0.2, 0.25) is 0 Å². The molecule has 0 nitrogen and oxygen atoms in total. The highest BCUT2D eigenvalue weighted by atomic mass is 27.2. The maximum absolute atomic E-state index is 2.33. The minimum Gasteiger partial charge on any atom is -0.0939 e. The number of hydrogen-bond donors (Lipinski definition) is 0. The molecule has 0 spiro atoms. The Balaban J connectivity index is 3.74. The summed E-state index contributed by atoms with van der Waals surface area (Å²) in [6, 6.07) is 0. The van der Waals surface area contributed by atoms with Crippen LogP contribution in [-0.2, 0) is 0 Å². The maximum Gasteiger partial charge on any atom is 0.261 e. The Bertz CT molecular complexity index is 259. The number of hydrogen-bond acceptors (Lipinski definition) is 0. The summed E-state index contributed by atoms with van der Waals surface area (Å²) in [5, 5.41) is 5.00. The Kier molecular flexibility index (Phi) is 27.1. The molecule has 0 amide bonds. The molecule has 174 valence electrons. The van der Waals surface area contributed by atoms with Gasteiger partial charge < -0.3 is 0 Å². The van der Waals surface area contributed by atoms with Crippen LogP contribution in [0.4, 0.5) is 0 Å². The zero-order valence-electron chi connectivity index (χ0n) is 21.3. The normalized spacial score (nSPS) is 11.3. The van der Waals surface area contributed by atoms with Gasteiger partial charge in [-0.1, -0.05) is 178 Å². The Labute approximate surface area is 191 Å². The quantitative estimate of drug-likeness (QED) is 0.101. The average Bonchev–Trinajstić information content (AvgIpc) is 2.73. The summed E-state index contributed by atoms with van der Waals surface area (Å²) in [6.07, 6.45) is 32.7. The molecule has 0 aliphatic rings. The second-order valence-corrected chi connectivity index (χ2v) is 13.4. The van der Waals surface area contributed by atoms with Gasteiger partial charge in [0.15, 0.2) is 0 Å². The van der Waals surface area contributed by atoms with Gasteiger partial charge in [0.05, 0.1) is 0 Å². The van der Waals surface area contributed by atoms with E-state index in [9.17, 15) is 0 Å². The molecule has 0 atom stereocenters. The van der Waals surface area contributed by atoms with Crippen LogP contribution in [0.1, 0.15) is 162 Å². The topological polar surface area (TPSA) is 0 Å². The van der Waals surface area contributed by atoms with Crippen molar-refractivity contribution in [3.05, 3.63) is 0 Å². The van der Waals surface area contributed by atoms with Gasteiger partial charge >= 0.3 is 0 Å². The molecule has 29 heavy (non-hydrogen) atoms. The van der Waals surface area contributed by atoms with Gasteiger partial charge in [-0.2, -0.15) is 0 Å². The fraction of sp³-hybridized carbons (Fsp3) is 1.00. The summed E-state index contributed by atoms with van der Waals surface area (Å²) >= 11 is -0.430. The Hall–Kier alpha value is 0.532. The molecule has 0 aromatic rings. The van der Waals surface area contributed by atoms with E-state index in [0.717, 1.165) is 0 Å². The maximum atomic E-state index is 2.33. The molecule has 0 N–H and O–H groups in total. The van der Waals surface area contributed by atoms with Crippen molar-refractivity contribution in [3.8, 4) is 0 Å². The summed E-state index contributed by atoms with van der Waals surface area (Å²) in [5.41, 5.74) is 0. The standard InChI is InChI=1S/C12H25.2C8H17.Al/c1-3-5-7-9-11-12-10-8-6-4-2;2*1-3-5-7-8-6-4-2;/h1,3-12H2,2H3;2*1,3-8H2,2H3;. The van der Waals surface area contributed by atoms with Gasteiger partial charge in [-0.3, -0.25) is 0 Å². The Morgan fingerprint density at radius 1 is 0.276 bits per heavy atom. The van der Waals surface area contributed by atoms with Crippen molar-refractivity contribution < 1.29 is 0 Å². The second-order valence-electron chi connectivity index (χ2n) is 9.95. The van der Waals surface area contributed by atoms with Gasteiger partial charge in [-0.05, 0) is 0 Å². The second kappa shape index (κ2) is 26.6. The number of rotatable bonds is 25. The van der Waals surface area contributed by atoms with Crippen LogP contribution in [0.2, 0.25) is 15.8 Å². The van der Waals surface area contributed by atoms with Crippen molar-refractivity contribution in [3.63, 3.8) is 0 Å². The summed E-state index contributed by atoms with van der Waals surface area (Å²) in [7, 11) is 0. The largest absolute Gasteiger partial charge is 0.261 e. The lowest BCUT2D eigenvalue weighted by molar-refractivity contribution is 0.561. The van der Waals surface area contributed by atoms with Crippen molar-refractivity contribution in [2.75, 3.05) is 0 Å². The zero-order chi connectivity index (χ0) is 21.3. The number of unbranched alkanes of at least 4 members (excludes halogenated alkanes) is 19. The van der Waals surface area contributed by atoms with Crippen molar-refractivity contribution >= 4 is 14.1 Å². The lowest BCUT2D eigenvalue weighted by Gasteiger charge is -2.12. The van der Waals surface area contributed by atoms with Gasteiger partial charge in [0.1, 0.15) is 0 Å². The fourth-order valence-corrected chi connectivity index (χ4v) is 8.24. The first-order valence-electron chi connectivity index (χ1n) is 14.3. The molecule has 0 aromatic heterocycles. The third-order valence-electron chi connectivity index (χ3n) is 6.90. The van der Waals surface area contributed by atoms with E-state index >= 15 is 0 Å².